The molecule has 118 valence electrons. The van der Waals surface area contributed by atoms with Gasteiger partial charge in [-0.2, -0.15) is 13.2 Å². The van der Waals surface area contributed by atoms with Crippen molar-refractivity contribution < 1.29 is 26.4 Å². The highest BCUT2D eigenvalue weighted by Gasteiger charge is 2.31. The number of alkyl halides is 3. The van der Waals surface area contributed by atoms with Gasteiger partial charge < -0.3 is 0 Å². The molecular weight excluding hydrogens is 307 g/mol. The van der Waals surface area contributed by atoms with E-state index in [4.69, 9.17) is 0 Å². The number of carbonyl (C=O) groups excluding carboxylic acids is 1. The molecular formula is C13H16F3NO3S. The summed E-state index contributed by atoms with van der Waals surface area (Å²) in [6, 6.07) is 3.25. The molecule has 8 heteroatoms. The van der Waals surface area contributed by atoms with Gasteiger partial charge in [0.2, 0.25) is 5.91 Å². The van der Waals surface area contributed by atoms with Gasteiger partial charge in [0.15, 0.2) is 0 Å². The Morgan fingerprint density at radius 2 is 1.90 bits per heavy atom. The second kappa shape index (κ2) is 6.46. The van der Waals surface area contributed by atoms with Gasteiger partial charge in [-0.05, 0) is 30.5 Å². The Kier molecular flexibility index (Phi) is 5.38. The number of amides is 1. The van der Waals surface area contributed by atoms with Crippen molar-refractivity contribution in [3.63, 3.8) is 0 Å². The normalized spacial score (nSPS) is 12.5. The van der Waals surface area contributed by atoms with Crippen molar-refractivity contribution in [2.75, 3.05) is 0 Å². The molecule has 0 aliphatic heterocycles. The molecule has 1 amide bonds. The van der Waals surface area contributed by atoms with Gasteiger partial charge in [-0.25, -0.2) is 13.1 Å². The second-order valence-electron chi connectivity index (χ2n) is 4.99. The molecule has 0 atom stereocenters. The number of sulfonamides is 1. The maximum Gasteiger partial charge on any atom is 0.416 e. The summed E-state index contributed by atoms with van der Waals surface area (Å²) in [5.41, 5.74) is -1.08. The van der Waals surface area contributed by atoms with Crippen LogP contribution >= 0.6 is 0 Å². The summed E-state index contributed by atoms with van der Waals surface area (Å²) in [6.45, 7) is 3.74. The van der Waals surface area contributed by atoms with Gasteiger partial charge in [0.25, 0.3) is 10.0 Å². The average Bonchev–Trinajstić information content (AvgIpc) is 2.35. The molecule has 0 aromatic heterocycles. The molecule has 0 spiro atoms. The van der Waals surface area contributed by atoms with E-state index in [0.29, 0.717) is 12.5 Å². The highest BCUT2D eigenvalue weighted by atomic mass is 32.2. The third kappa shape index (κ3) is 5.37. The molecule has 4 nitrogen and oxygen atoms in total. The van der Waals surface area contributed by atoms with Gasteiger partial charge in [-0.15, -0.1) is 0 Å². The van der Waals surface area contributed by atoms with Crippen LogP contribution in [0.1, 0.15) is 32.3 Å². The van der Waals surface area contributed by atoms with Crippen molar-refractivity contribution in [2.45, 2.75) is 37.8 Å². The summed E-state index contributed by atoms with van der Waals surface area (Å²) in [5, 5.41) is 0. The lowest BCUT2D eigenvalue weighted by atomic mass is 10.1. The Morgan fingerprint density at radius 3 is 2.43 bits per heavy atom. The molecule has 21 heavy (non-hydrogen) atoms. The SMILES string of the molecule is CC(C)CCC(=O)NS(=O)(=O)c1cccc(C(F)(F)F)c1. The quantitative estimate of drug-likeness (QED) is 0.906. The van der Waals surface area contributed by atoms with Gasteiger partial charge in [0, 0.05) is 6.42 Å². The Labute approximate surface area is 121 Å². The predicted molar refractivity (Wildman–Crippen MR) is 70.8 cm³/mol. The van der Waals surface area contributed by atoms with Crippen LogP contribution in [-0.2, 0) is 21.0 Å². The molecule has 0 heterocycles. The van der Waals surface area contributed by atoms with Crippen LogP contribution in [0.15, 0.2) is 29.2 Å². The predicted octanol–water partition coefficient (Wildman–Crippen LogP) is 2.95. The maximum atomic E-state index is 12.5. The van der Waals surface area contributed by atoms with E-state index in [-0.39, 0.29) is 12.3 Å². The second-order valence-corrected chi connectivity index (χ2v) is 6.67. The first kappa shape index (κ1) is 17.5. The molecule has 0 aliphatic carbocycles. The zero-order valence-electron chi connectivity index (χ0n) is 11.6. The molecule has 0 saturated carbocycles. The first-order chi connectivity index (χ1) is 9.52. The lowest BCUT2D eigenvalue weighted by Crippen LogP contribution is -2.30. The van der Waals surface area contributed by atoms with Crippen LogP contribution in [0.5, 0.6) is 0 Å². The molecule has 0 radical (unpaired) electrons. The highest BCUT2D eigenvalue weighted by Crippen LogP contribution is 2.30. The molecule has 1 aromatic carbocycles. The lowest BCUT2D eigenvalue weighted by molar-refractivity contribution is -0.137. The van der Waals surface area contributed by atoms with Crippen molar-refractivity contribution in [1.29, 1.82) is 0 Å². The van der Waals surface area contributed by atoms with E-state index < -0.39 is 32.6 Å². The molecule has 0 aliphatic rings. The van der Waals surface area contributed by atoms with Crippen LogP contribution in [0, 0.1) is 5.92 Å². The van der Waals surface area contributed by atoms with E-state index in [1.165, 1.54) is 0 Å². The Morgan fingerprint density at radius 1 is 1.29 bits per heavy atom. The summed E-state index contributed by atoms with van der Waals surface area (Å²) >= 11 is 0. The molecule has 1 rings (SSSR count). The number of halogens is 3. The lowest BCUT2D eigenvalue weighted by Gasteiger charge is -2.10. The summed E-state index contributed by atoms with van der Waals surface area (Å²) in [4.78, 5) is 10.9. The summed E-state index contributed by atoms with van der Waals surface area (Å²) < 4.78 is 63.1. The first-order valence-electron chi connectivity index (χ1n) is 6.25. The fourth-order valence-electron chi connectivity index (χ4n) is 1.52. The average molecular weight is 323 g/mol. The van der Waals surface area contributed by atoms with Crippen LogP contribution in [-0.4, -0.2) is 14.3 Å². The van der Waals surface area contributed by atoms with Gasteiger partial charge in [0.05, 0.1) is 10.5 Å². The Balaban J connectivity index is 2.91. The zero-order valence-corrected chi connectivity index (χ0v) is 12.4. The third-order valence-corrected chi connectivity index (χ3v) is 4.04. The first-order valence-corrected chi connectivity index (χ1v) is 7.73. The monoisotopic (exact) mass is 323 g/mol. The van der Waals surface area contributed by atoms with Crippen LogP contribution < -0.4 is 4.72 Å². The number of benzene rings is 1. The minimum Gasteiger partial charge on any atom is -0.274 e. The Hall–Kier alpha value is -1.57. The van der Waals surface area contributed by atoms with Crippen molar-refractivity contribution >= 4 is 15.9 Å². The third-order valence-electron chi connectivity index (χ3n) is 2.67. The summed E-state index contributed by atoms with van der Waals surface area (Å²) in [7, 11) is -4.29. The van der Waals surface area contributed by atoms with E-state index in [2.05, 4.69) is 0 Å². The van der Waals surface area contributed by atoms with Crippen LogP contribution in [0.25, 0.3) is 0 Å². The smallest absolute Gasteiger partial charge is 0.274 e. The van der Waals surface area contributed by atoms with Gasteiger partial charge in [0.1, 0.15) is 0 Å². The molecule has 0 saturated heterocycles. The molecule has 1 N–H and O–H groups in total. The van der Waals surface area contributed by atoms with Crippen LogP contribution in [0.2, 0.25) is 0 Å². The molecule has 0 bridgehead atoms. The summed E-state index contributed by atoms with van der Waals surface area (Å²) in [6.07, 6.45) is -4.16. The van der Waals surface area contributed by atoms with E-state index >= 15 is 0 Å². The van der Waals surface area contributed by atoms with E-state index in [9.17, 15) is 26.4 Å². The Bertz CT molecular complexity index is 609. The fourth-order valence-corrected chi connectivity index (χ4v) is 2.58. The van der Waals surface area contributed by atoms with E-state index in [1.54, 1.807) is 4.72 Å². The number of carbonyl (C=O) groups is 1. The van der Waals surface area contributed by atoms with Crippen molar-refractivity contribution in [3.8, 4) is 0 Å². The zero-order chi connectivity index (χ0) is 16.3. The van der Waals surface area contributed by atoms with E-state index in [1.807, 2.05) is 13.8 Å². The number of nitrogens with one attached hydrogen (secondary N) is 1. The van der Waals surface area contributed by atoms with Crippen molar-refractivity contribution in [2.24, 2.45) is 5.92 Å². The van der Waals surface area contributed by atoms with Crippen molar-refractivity contribution in [3.05, 3.63) is 29.8 Å². The van der Waals surface area contributed by atoms with Crippen LogP contribution in [0.3, 0.4) is 0 Å². The standard InChI is InChI=1S/C13H16F3NO3S/c1-9(2)6-7-12(18)17-21(19,20)11-5-3-4-10(8-11)13(14,15)16/h3-5,8-9H,6-7H2,1-2H3,(H,17,18). The number of rotatable bonds is 5. The minimum atomic E-state index is -4.65. The molecule has 0 fully saturated rings. The topological polar surface area (TPSA) is 63.2 Å². The molecule has 0 unspecified atom stereocenters. The minimum absolute atomic E-state index is 0.00411. The number of hydrogen-bond donors (Lipinski definition) is 1. The number of hydrogen-bond acceptors (Lipinski definition) is 3. The van der Waals surface area contributed by atoms with Gasteiger partial charge >= 0.3 is 6.18 Å². The maximum absolute atomic E-state index is 12.5. The van der Waals surface area contributed by atoms with E-state index in [0.717, 1.165) is 18.2 Å². The fraction of sp³-hybridized carbons (Fsp3) is 0.462. The molecule has 1 aromatic rings. The van der Waals surface area contributed by atoms with Gasteiger partial charge in [-0.1, -0.05) is 19.9 Å². The highest BCUT2D eigenvalue weighted by molar-refractivity contribution is 7.90. The summed E-state index contributed by atoms with van der Waals surface area (Å²) in [5.74, 6) is -0.520. The van der Waals surface area contributed by atoms with Gasteiger partial charge in [-0.3, -0.25) is 4.79 Å². The van der Waals surface area contributed by atoms with Crippen LogP contribution in [0.4, 0.5) is 13.2 Å². The van der Waals surface area contributed by atoms with Crippen molar-refractivity contribution in [1.82, 2.24) is 4.72 Å². The largest absolute Gasteiger partial charge is 0.416 e.